The van der Waals surface area contributed by atoms with E-state index in [1.165, 1.54) is 0 Å². The van der Waals surface area contributed by atoms with Crippen LogP contribution < -0.4 is 10.5 Å². The quantitative estimate of drug-likeness (QED) is 0.593. The summed E-state index contributed by atoms with van der Waals surface area (Å²) in [4.78, 5) is 8.27. The lowest BCUT2D eigenvalue weighted by Crippen LogP contribution is -2.36. The molecule has 24 heavy (non-hydrogen) atoms. The van der Waals surface area contributed by atoms with Gasteiger partial charge in [0, 0.05) is 6.20 Å². The van der Waals surface area contributed by atoms with Gasteiger partial charge in [0.15, 0.2) is 0 Å². The summed E-state index contributed by atoms with van der Waals surface area (Å²) >= 11 is 0. The Kier molecular flexibility index (Phi) is 6.31. The highest BCUT2D eigenvalue weighted by molar-refractivity contribution is 7.90. The third-order valence-corrected chi connectivity index (χ3v) is 4.80. The number of aromatic nitrogens is 1. The highest BCUT2D eigenvalue weighted by Crippen LogP contribution is 2.12. The van der Waals surface area contributed by atoms with Crippen molar-refractivity contribution in [2.24, 2.45) is 10.7 Å². The molecule has 3 N–H and O–H groups in total. The summed E-state index contributed by atoms with van der Waals surface area (Å²) in [5.41, 5.74) is 7.50. The van der Waals surface area contributed by atoms with Crippen LogP contribution in [0.15, 0.2) is 58.5 Å². The Morgan fingerprint density at radius 3 is 2.58 bits per heavy atom. The number of nitrogens with zero attached hydrogens (tertiary/aromatic N) is 2. The maximum Gasteiger partial charge on any atom is 0.264 e. The SMILES string of the molecule is CCCCc1ccc(S(=O)(=O)NC(N)=NCc2ccccn2)cc1. The molecule has 1 aromatic heterocycles. The summed E-state index contributed by atoms with van der Waals surface area (Å²) in [5.74, 6) is -0.157. The zero-order valence-electron chi connectivity index (χ0n) is 13.6. The van der Waals surface area contributed by atoms with Crippen LogP contribution in [-0.4, -0.2) is 19.4 Å². The molecule has 0 radical (unpaired) electrons. The van der Waals surface area contributed by atoms with Gasteiger partial charge < -0.3 is 5.73 Å². The number of hydrogen-bond donors (Lipinski definition) is 2. The van der Waals surface area contributed by atoms with Crippen molar-refractivity contribution >= 4 is 16.0 Å². The highest BCUT2D eigenvalue weighted by Gasteiger charge is 2.14. The number of aliphatic imine (C=N–C) groups is 1. The molecule has 128 valence electrons. The summed E-state index contributed by atoms with van der Waals surface area (Å²) in [6, 6.07) is 12.2. The molecule has 0 amide bonds. The predicted molar refractivity (Wildman–Crippen MR) is 94.9 cm³/mol. The fraction of sp³-hybridized carbons (Fsp3) is 0.294. The number of sulfonamides is 1. The van der Waals surface area contributed by atoms with E-state index >= 15 is 0 Å². The zero-order valence-corrected chi connectivity index (χ0v) is 14.5. The Hall–Kier alpha value is -2.41. The van der Waals surface area contributed by atoms with E-state index in [-0.39, 0.29) is 17.4 Å². The van der Waals surface area contributed by atoms with E-state index in [1.54, 1.807) is 30.5 Å². The van der Waals surface area contributed by atoms with Gasteiger partial charge in [-0.1, -0.05) is 31.5 Å². The molecule has 1 heterocycles. The van der Waals surface area contributed by atoms with Crippen molar-refractivity contribution in [2.75, 3.05) is 0 Å². The van der Waals surface area contributed by atoms with Gasteiger partial charge in [-0.2, -0.15) is 0 Å². The van der Waals surface area contributed by atoms with E-state index in [0.717, 1.165) is 24.8 Å². The number of benzene rings is 1. The molecule has 0 aliphatic rings. The van der Waals surface area contributed by atoms with E-state index in [1.807, 2.05) is 18.2 Å². The van der Waals surface area contributed by atoms with Gasteiger partial charge in [0.1, 0.15) is 0 Å². The van der Waals surface area contributed by atoms with Crippen molar-refractivity contribution in [3.05, 3.63) is 59.9 Å². The number of rotatable bonds is 7. The number of hydrogen-bond acceptors (Lipinski definition) is 4. The van der Waals surface area contributed by atoms with Gasteiger partial charge in [0.05, 0.1) is 17.1 Å². The first-order valence-electron chi connectivity index (χ1n) is 7.83. The summed E-state index contributed by atoms with van der Waals surface area (Å²) < 4.78 is 26.9. The van der Waals surface area contributed by atoms with Gasteiger partial charge in [0.25, 0.3) is 10.0 Å². The maximum atomic E-state index is 12.3. The molecule has 7 heteroatoms. The lowest BCUT2D eigenvalue weighted by Gasteiger charge is -2.08. The standard InChI is InChI=1S/C17H22N4O2S/c1-2-3-6-14-8-10-16(11-9-14)24(22,23)21-17(18)20-13-15-7-4-5-12-19-15/h4-5,7-12H,2-3,6,13H2,1H3,(H3,18,20,21). The maximum absolute atomic E-state index is 12.3. The number of nitrogens with two attached hydrogens (primary N) is 1. The van der Waals surface area contributed by atoms with Crippen LogP contribution in [0.25, 0.3) is 0 Å². The fourth-order valence-corrected chi connectivity index (χ4v) is 3.05. The molecule has 0 saturated carbocycles. The zero-order chi connectivity index (χ0) is 17.4. The van der Waals surface area contributed by atoms with Crippen molar-refractivity contribution in [3.63, 3.8) is 0 Å². The van der Waals surface area contributed by atoms with Crippen LogP contribution in [0.3, 0.4) is 0 Å². The first-order chi connectivity index (χ1) is 11.5. The first kappa shape index (κ1) is 17.9. The molecular formula is C17H22N4O2S. The molecule has 0 saturated heterocycles. The average molecular weight is 346 g/mol. The molecule has 1 aromatic carbocycles. The van der Waals surface area contributed by atoms with Crippen LogP contribution in [0, 0.1) is 0 Å². The van der Waals surface area contributed by atoms with E-state index in [4.69, 9.17) is 5.73 Å². The van der Waals surface area contributed by atoms with Gasteiger partial charge in [-0.05, 0) is 42.7 Å². The summed E-state index contributed by atoms with van der Waals surface area (Å²) in [5, 5.41) is 0. The third kappa shape index (κ3) is 5.34. The minimum atomic E-state index is -3.73. The summed E-state index contributed by atoms with van der Waals surface area (Å²) in [6.45, 7) is 2.33. The predicted octanol–water partition coefficient (Wildman–Crippen LogP) is 2.22. The highest BCUT2D eigenvalue weighted by atomic mass is 32.2. The molecule has 0 atom stereocenters. The Labute approximate surface area is 142 Å². The molecule has 2 aromatic rings. The van der Waals surface area contributed by atoms with Crippen LogP contribution in [-0.2, 0) is 23.0 Å². The van der Waals surface area contributed by atoms with E-state index < -0.39 is 10.0 Å². The number of guanidine groups is 1. The second kappa shape index (κ2) is 8.44. The monoisotopic (exact) mass is 346 g/mol. The Morgan fingerprint density at radius 1 is 1.21 bits per heavy atom. The number of aryl methyl sites for hydroxylation is 1. The third-order valence-electron chi connectivity index (χ3n) is 3.43. The largest absolute Gasteiger partial charge is 0.369 e. The van der Waals surface area contributed by atoms with Crippen LogP contribution in [0.5, 0.6) is 0 Å². The molecule has 0 aliphatic heterocycles. The minimum absolute atomic E-state index is 0.157. The smallest absolute Gasteiger partial charge is 0.264 e. The normalized spacial score (nSPS) is 12.1. The van der Waals surface area contributed by atoms with E-state index in [2.05, 4.69) is 21.6 Å². The van der Waals surface area contributed by atoms with Crippen LogP contribution in [0.4, 0.5) is 0 Å². The lowest BCUT2D eigenvalue weighted by molar-refractivity contribution is 0.592. The second-order valence-electron chi connectivity index (χ2n) is 5.38. The molecular weight excluding hydrogens is 324 g/mol. The van der Waals surface area contributed by atoms with Gasteiger partial charge >= 0.3 is 0 Å². The molecule has 0 fully saturated rings. The molecule has 0 aliphatic carbocycles. The van der Waals surface area contributed by atoms with Gasteiger partial charge in [-0.25, -0.2) is 18.1 Å². The average Bonchev–Trinajstić information content (AvgIpc) is 2.59. The Morgan fingerprint density at radius 2 is 1.96 bits per heavy atom. The molecule has 6 nitrogen and oxygen atoms in total. The Balaban J connectivity index is 2.01. The van der Waals surface area contributed by atoms with Crippen molar-refractivity contribution in [1.82, 2.24) is 9.71 Å². The van der Waals surface area contributed by atoms with Gasteiger partial charge in [0.2, 0.25) is 5.96 Å². The van der Waals surface area contributed by atoms with Crippen molar-refractivity contribution < 1.29 is 8.42 Å². The fourth-order valence-electron chi connectivity index (χ4n) is 2.10. The lowest BCUT2D eigenvalue weighted by atomic mass is 10.1. The second-order valence-corrected chi connectivity index (χ2v) is 7.06. The minimum Gasteiger partial charge on any atom is -0.369 e. The molecule has 2 rings (SSSR count). The molecule has 0 unspecified atom stereocenters. The van der Waals surface area contributed by atoms with E-state index in [0.29, 0.717) is 5.69 Å². The number of pyridine rings is 1. The molecule has 0 spiro atoms. The number of unbranched alkanes of at least 4 members (excludes halogenated alkanes) is 1. The Bertz CT molecular complexity index is 772. The molecule has 0 bridgehead atoms. The van der Waals surface area contributed by atoms with Crippen LogP contribution in [0.1, 0.15) is 31.0 Å². The number of nitrogens with one attached hydrogen (secondary N) is 1. The van der Waals surface area contributed by atoms with E-state index in [9.17, 15) is 8.42 Å². The first-order valence-corrected chi connectivity index (χ1v) is 9.31. The van der Waals surface area contributed by atoms with Crippen molar-refractivity contribution in [2.45, 2.75) is 37.6 Å². The van der Waals surface area contributed by atoms with Crippen molar-refractivity contribution in [3.8, 4) is 0 Å². The van der Waals surface area contributed by atoms with Gasteiger partial charge in [-0.3, -0.25) is 4.98 Å². The van der Waals surface area contributed by atoms with Crippen LogP contribution >= 0.6 is 0 Å². The van der Waals surface area contributed by atoms with Crippen molar-refractivity contribution in [1.29, 1.82) is 0 Å². The summed E-state index contributed by atoms with van der Waals surface area (Å²) in [6.07, 6.45) is 4.77. The van der Waals surface area contributed by atoms with Gasteiger partial charge in [-0.15, -0.1) is 0 Å². The topological polar surface area (TPSA) is 97.4 Å². The summed E-state index contributed by atoms with van der Waals surface area (Å²) in [7, 11) is -3.73. The van der Waals surface area contributed by atoms with Crippen LogP contribution in [0.2, 0.25) is 0 Å².